The van der Waals surface area contributed by atoms with Crippen LogP contribution in [0.4, 0.5) is 0 Å². The summed E-state index contributed by atoms with van der Waals surface area (Å²) in [6.07, 6.45) is 7.06. The molecular formula is C23H30ClN5O2. The number of benzene rings is 1. The molecular weight excluding hydrogens is 414 g/mol. The zero-order valence-corrected chi connectivity index (χ0v) is 19.0. The molecule has 166 valence electrons. The molecule has 1 aliphatic carbocycles. The van der Waals surface area contributed by atoms with Crippen molar-refractivity contribution in [2.45, 2.75) is 44.6 Å². The Kier molecular flexibility index (Phi) is 7.62. The first-order chi connectivity index (χ1) is 14.7. The highest BCUT2D eigenvalue weighted by Gasteiger charge is 2.34. The summed E-state index contributed by atoms with van der Waals surface area (Å²) in [4.78, 5) is 34.7. The molecule has 3 N–H and O–H groups in total. The predicted molar refractivity (Wildman–Crippen MR) is 121 cm³/mol. The summed E-state index contributed by atoms with van der Waals surface area (Å²) in [5.41, 5.74) is 7.65. The number of nitrogens with two attached hydrogens (primary N) is 1. The van der Waals surface area contributed by atoms with E-state index in [1.807, 2.05) is 39.5 Å². The van der Waals surface area contributed by atoms with E-state index in [1.165, 1.54) is 0 Å². The summed E-state index contributed by atoms with van der Waals surface area (Å²) in [6.45, 7) is 2.36. The van der Waals surface area contributed by atoms with Gasteiger partial charge in [-0.1, -0.05) is 17.7 Å². The van der Waals surface area contributed by atoms with Gasteiger partial charge in [0.2, 0.25) is 11.8 Å². The van der Waals surface area contributed by atoms with E-state index in [0.29, 0.717) is 35.9 Å². The van der Waals surface area contributed by atoms with Gasteiger partial charge in [-0.15, -0.1) is 0 Å². The fourth-order valence-electron chi connectivity index (χ4n) is 3.71. The Morgan fingerprint density at radius 3 is 2.48 bits per heavy atom. The van der Waals surface area contributed by atoms with Crippen LogP contribution in [0.2, 0.25) is 5.02 Å². The highest BCUT2D eigenvalue weighted by atomic mass is 35.5. The van der Waals surface area contributed by atoms with Gasteiger partial charge >= 0.3 is 0 Å². The number of aromatic nitrogens is 2. The van der Waals surface area contributed by atoms with Gasteiger partial charge in [0.05, 0.1) is 0 Å². The number of nitrogens with one attached hydrogen (secondary N) is 1. The zero-order chi connectivity index (χ0) is 22.5. The second-order valence-corrected chi connectivity index (χ2v) is 8.91. The van der Waals surface area contributed by atoms with Crippen molar-refractivity contribution in [2.24, 2.45) is 11.7 Å². The summed E-state index contributed by atoms with van der Waals surface area (Å²) in [7, 11) is 3.94. The number of nitrogens with zero attached hydrogens (tertiary/aromatic N) is 3. The zero-order valence-electron chi connectivity index (χ0n) is 18.3. The van der Waals surface area contributed by atoms with E-state index in [2.05, 4.69) is 20.2 Å². The fourth-order valence-corrected chi connectivity index (χ4v) is 3.97. The molecule has 2 amide bonds. The van der Waals surface area contributed by atoms with E-state index in [1.54, 1.807) is 12.1 Å². The molecule has 2 aromatic rings. The van der Waals surface area contributed by atoms with Crippen LogP contribution < -0.4 is 11.1 Å². The van der Waals surface area contributed by atoms with Crippen molar-refractivity contribution in [3.8, 4) is 0 Å². The topological polar surface area (TPSA) is 101 Å². The van der Waals surface area contributed by atoms with Crippen molar-refractivity contribution in [3.63, 3.8) is 0 Å². The molecule has 1 heterocycles. The number of hydrogen-bond acceptors (Lipinski definition) is 5. The molecule has 0 saturated heterocycles. The minimum Gasteiger partial charge on any atom is -0.366 e. The Morgan fingerprint density at radius 2 is 1.94 bits per heavy atom. The molecule has 0 bridgehead atoms. The second kappa shape index (κ2) is 10.2. The van der Waals surface area contributed by atoms with Crippen molar-refractivity contribution in [3.05, 3.63) is 58.1 Å². The monoisotopic (exact) mass is 443 g/mol. The molecule has 1 fully saturated rings. The number of rotatable bonds is 10. The summed E-state index contributed by atoms with van der Waals surface area (Å²) in [5, 5.41) is 3.59. The molecule has 31 heavy (non-hydrogen) atoms. The number of amides is 2. The van der Waals surface area contributed by atoms with Gasteiger partial charge in [0, 0.05) is 42.0 Å². The number of halogens is 1. The Labute approximate surface area is 188 Å². The molecule has 7 nitrogen and oxygen atoms in total. The van der Waals surface area contributed by atoms with Crippen LogP contribution in [-0.4, -0.2) is 53.4 Å². The Morgan fingerprint density at radius 1 is 1.26 bits per heavy atom. The van der Waals surface area contributed by atoms with Gasteiger partial charge in [-0.2, -0.15) is 0 Å². The Balaban J connectivity index is 1.60. The predicted octanol–water partition coefficient (Wildman–Crippen LogP) is 2.71. The minimum absolute atomic E-state index is 0.0273. The standard InChI is InChI=1S/C23H30ClN5O2/c1-14-26-11-18(12-27-14)20(15-4-5-15)10-22(30)28-13-19(29(2)3)8-16-6-7-17(23(25)31)9-21(16)24/h6-7,9,11-12,15,19-20H,4-5,8,10,13H2,1-3H3,(H2,25,31)(H,28,30)/t19-,20+/m0/s1. The van der Waals surface area contributed by atoms with E-state index in [4.69, 9.17) is 17.3 Å². The van der Waals surface area contributed by atoms with Gasteiger partial charge in [-0.3, -0.25) is 9.59 Å². The van der Waals surface area contributed by atoms with Crippen LogP contribution in [0.25, 0.3) is 0 Å². The summed E-state index contributed by atoms with van der Waals surface area (Å²) >= 11 is 6.35. The highest BCUT2D eigenvalue weighted by Crippen LogP contribution is 2.44. The molecule has 0 spiro atoms. The van der Waals surface area contributed by atoms with Gasteiger partial charge in [0.1, 0.15) is 5.82 Å². The minimum atomic E-state index is -0.505. The van der Waals surface area contributed by atoms with E-state index in [-0.39, 0.29) is 17.9 Å². The number of likely N-dealkylation sites (N-methyl/N-ethyl adjacent to an activating group) is 1. The SMILES string of the molecule is Cc1ncc([C@H](CC(=O)NC[C@H](Cc2ccc(C(N)=O)cc2Cl)N(C)C)C2CC2)cn1. The molecule has 8 heteroatoms. The molecule has 0 aliphatic heterocycles. The summed E-state index contributed by atoms with van der Waals surface area (Å²) in [5.74, 6) is 0.950. The quantitative estimate of drug-likeness (QED) is 0.587. The van der Waals surface area contributed by atoms with Crippen LogP contribution in [0.15, 0.2) is 30.6 Å². The average molecular weight is 444 g/mol. The summed E-state index contributed by atoms with van der Waals surface area (Å²) < 4.78 is 0. The maximum absolute atomic E-state index is 12.7. The first-order valence-corrected chi connectivity index (χ1v) is 10.9. The largest absolute Gasteiger partial charge is 0.366 e. The van der Waals surface area contributed by atoms with E-state index in [9.17, 15) is 9.59 Å². The molecule has 2 atom stereocenters. The number of primary amides is 1. The van der Waals surface area contributed by atoms with Crippen LogP contribution in [0.3, 0.4) is 0 Å². The normalized spacial score (nSPS) is 15.5. The van der Waals surface area contributed by atoms with Crippen LogP contribution in [0.1, 0.15) is 52.5 Å². The van der Waals surface area contributed by atoms with E-state index in [0.717, 1.165) is 29.8 Å². The third-order valence-corrected chi connectivity index (χ3v) is 6.24. The average Bonchev–Trinajstić information content (AvgIpc) is 3.56. The van der Waals surface area contributed by atoms with Crippen molar-refractivity contribution < 1.29 is 9.59 Å². The lowest BCUT2D eigenvalue weighted by Crippen LogP contribution is -2.42. The van der Waals surface area contributed by atoms with Gasteiger partial charge < -0.3 is 16.0 Å². The molecule has 1 aliphatic rings. The first kappa shape index (κ1) is 23.2. The van der Waals surface area contributed by atoms with Crippen LogP contribution >= 0.6 is 11.6 Å². The maximum Gasteiger partial charge on any atom is 0.248 e. The third-order valence-electron chi connectivity index (χ3n) is 5.88. The second-order valence-electron chi connectivity index (χ2n) is 8.51. The van der Waals surface area contributed by atoms with Crippen LogP contribution in [-0.2, 0) is 11.2 Å². The lowest BCUT2D eigenvalue weighted by Gasteiger charge is -2.26. The number of hydrogen-bond donors (Lipinski definition) is 2. The van der Waals surface area contributed by atoms with Gasteiger partial charge in [-0.25, -0.2) is 9.97 Å². The molecule has 0 radical (unpaired) electrons. The number of carbonyl (C=O) groups is 2. The lowest BCUT2D eigenvalue weighted by molar-refractivity contribution is -0.121. The molecule has 3 rings (SSSR count). The molecule has 1 saturated carbocycles. The molecule has 1 aromatic carbocycles. The first-order valence-electron chi connectivity index (χ1n) is 10.5. The van der Waals surface area contributed by atoms with Crippen LogP contribution in [0.5, 0.6) is 0 Å². The molecule has 0 unspecified atom stereocenters. The fraction of sp³-hybridized carbons (Fsp3) is 0.478. The lowest BCUT2D eigenvalue weighted by atomic mass is 9.92. The number of aryl methyl sites for hydroxylation is 1. The van der Waals surface area contributed by atoms with Gasteiger partial charge in [0.25, 0.3) is 0 Å². The van der Waals surface area contributed by atoms with Crippen molar-refractivity contribution in [1.82, 2.24) is 20.2 Å². The summed E-state index contributed by atoms with van der Waals surface area (Å²) in [6, 6.07) is 5.15. The third kappa shape index (κ3) is 6.48. The smallest absolute Gasteiger partial charge is 0.248 e. The maximum atomic E-state index is 12.7. The molecule has 1 aromatic heterocycles. The number of carbonyl (C=O) groups excluding carboxylic acids is 2. The van der Waals surface area contributed by atoms with Crippen LogP contribution in [0, 0.1) is 12.8 Å². The van der Waals surface area contributed by atoms with E-state index >= 15 is 0 Å². The van der Waals surface area contributed by atoms with Crippen molar-refractivity contribution in [2.75, 3.05) is 20.6 Å². The van der Waals surface area contributed by atoms with Gasteiger partial charge in [-0.05, 0) is 75.4 Å². The Bertz CT molecular complexity index is 928. The Hall–Kier alpha value is -2.51. The van der Waals surface area contributed by atoms with Crippen molar-refractivity contribution in [1.29, 1.82) is 0 Å². The van der Waals surface area contributed by atoms with E-state index < -0.39 is 5.91 Å². The van der Waals surface area contributed by atoms with Crippen molar-refractivity contribution >= 4 is 23.4 Å². The highest BCUT2D eigenvalue weighted by molar-refractivity contribution is 6.31. The van der Waals surface area contributed by atoms with Gasteiger partial charge in [0.15, 0.2) is 0 Å².